The van der Waals surface area contributed by atoms with E-state index in [4.69, 9.17) is 17.3 Å². The number of carbonyl (C=O) groups is 1. The number of aromatic nitrogens is 1. The molecule has 18 heavy (non-hydrogen) atoms. The Morgan fingerprint density at radius 2 is 2.11 bits per heavy atom. The molecule has 0 spiro atoms. The molecule has 0 bridgehead atoms. The van der Waals surface area contributed by atoms with Gasteiger partial charge in [-0.1, -0.05) is 23.7 Å². The quantitative estimate of drug-likeness (QED) is 0.873. The summed E-state index contributed by atoms with van der Waals surface area (Å²) >= 11 is 6.04. The number of rotatable bonds is 2. The van der Waals surface area contributed by atoms with Crippen molar-refractivity contribution in [3.8, 4) is 0 Å². The molecule has 1 amide bonds. The van der Waals surface area contributed by atoms with E-state index in [9.17, 15) is 4.79 Å². The zero-order valence-electron chi connectivity index (χ0n) is 9.77. The summed E-state index contributed by atoms with van der Waals surface area (Å²) in [5.74, 6) is -0.128. The molecule has 0 aliphatic rings. The molecule has 0 atom stereocenters. The predicted molar refractivity (Wildman–Crippen MR) is 72.8 cm³/mol. The summed E-state index contributed by atoms with van der Waals surface area (Å²) < 4.78 is 0. The Kier molecular flexibility index (Phi) is 3.48. The van der Waals surface area contributed by atoms with Crippen molar-refractivity contribution in [2.45, 2.75) is 6.92 Å². The Bertz CT molecular complexity index is 578. The molecule has 0 radical (unpaired) electrons. The molecule has 92 valence electrons. The first-order valence-corrected chi connectivity index (χ1v) is 5.74. The van der Waals surface area contributed by atoms with E-state index in [0.29, 0.717) is 16.3 Å². The number of anilines is 2. The fourth-order valence-corrected chi connectivity index (χ4v) is 1.85. The SMILES string of the molecule is Cc1cccc(Cl)c1NC(=O)c1cccnc1N. The Labute approximate surface area is 110 Å². The molecular formula is C13H12ClN3O. The Morgan fingerprint density at radius 1 is 1.33 bits per heavy atom. The average Bonchev–Trinajstić information content (AvgIpc) is 2.34. The molecule has 0 saturated carbocycles. The van der Waals surface area contributed by atoms with Gasteiger partial charge in [-0.05, 0) is 30.7 Å². The lowest BCUT2D eigenvalue weighted by Crippen LogP contribution is -2.15. The molecule has 1 aromatic carbocycles. The van der Waals surface area contributed by atoms with Crippen molar-refractivity contribution in [1.29, 1.82) is 0 Å². The normalized spacial score (nSPS) is 10.1. The number of aryl methyl sites for hydroxylation is 1. The van der Waals surface area contributed by atoms with Crippen LogP contribution in [0.1, 0.15) is 15.9 Å². The van der Waals surface area contributed by atoms with Crippen LogP contribution in [0, 0.1) is 6.92 Å². The van der Waals surface area contributed by atoms with Crippen molar-refractivity contribution >= 4 is 29.0 Å². The molecule has 0 fully saturated rings. The number of carbonyl (C=O) groups excluding carboxylic acids is 1. The molecule has 0 aliphatic carbocycles. The molecule has 3 N–H and O–H groups in total. The van der Waals surface area contributed by atoms with Crippen LogP contribution in [-0.2, 0) is 0 Å². The van der Waals surface area contributed by atoms with Gasteiger partial charge in [0.2, 0.25) is 0 Å². The summed E-state index contributed by atoms with van der Waals surface area (Å²) in [4.78, 5) is 15.9. The number of nitrogen functional groups attached to an aromatic ring is 1. The zero-order chi connectivity index (χ0) is 13.1. The summed E-state index contributed by atoms with van der Waals surface area (Å²) in [5, 5.41) is 3.24. The second-order valence-corrected chi connectivity index (χ2v) is 4.23. The van der Waals surface area contributed by atoms with E-state index in [2.05, 4.69) is 10.3 Å². The Hall–Kier alpha value is -2.07. The highest BCUT2D eigenvalue weighted by atomic mass is 35.5. The number of nitrogens with two attached hydrogens (primary N) is 1. The minimum Gasteiger partial charge on any atom is -0.383 e. The molecule has 4 nitrogen and oxygen atoms in total. The smallest absolute Gasteiger partial charge is 0.259 e. The standard InChI is InChI=1S/C13H12ClN3O/c1-8-4-2-6-10(14)11(8)17-13(18)9-5-3-7-16-12(9)15/h2-7H,1H3,(H2,15,16)(H,17,18). The topological polar surface area (TPSA) is 68.0 Å². The van der Waals surface area contributed by atoms with Crippen LogP contribution in [0.2, 0.25) is 5.02 Å². The van der Waals surface area contributed by atoms with Gasteiger partial charge >= 0.3 is 0 Å². The zero-order valence-corrected chi connectivity index (χ0v) is 10.5. The summed E-state index contributed by atoms with van der Waals surface area (Å²) in [6.07, 6.45) is 1.53. The summed E-state index contributed by atoms with van der Waals surface area (Å²) in [6.45, 7) is 1.87. The lowest BCUT2D eigenvalue weighted by atomic mass is 10.2. The van der Waals surface area contributed by atoms with Gasteiger partial charge < -0.3 is 11.1 Å². The Balaban J connectivity index is 2.30. The van der Waals surface area contributed by atoms with Crippen LogP contribution in [0.25, 0.3) is 0 Å². The number of para-hydroxylation sites is 1. The van der Waals surface area contributed by atoms with Gasteiger partial charge in [0.15, 0.2) is 0 Å². The van der Waals surface area contributed by atoms with Crippen molar-refractivity contribution in [2.24, 2.45) is 0 Å². The van der Waals surface area contributed by atoms with Crippen LogP contribution in [-0.4, -0.2) is 10.9 Å². The second-order valence-electron chi connectivity index (χ2n) is 3.82. The minimum atomic E-state index is -0.322. The summed E-state index contributed by atoms with van der Waals surface area (Å²) in [7, 11) is 0. The summed E-state index contributed by atoms with van der Waals surface area (Å²) in [5.41, 5.74) is 7.45. The lowest BCUT2D eigenvalue weighted by Gasteiger charge is -2.10. The second kappa shape index (κ2) is 5.06. The molecule has 0 saturated heterocycles. The fourth-order valence-electron chi connectivity index (χ4n) is 1.58. The lowest BCUT2D eigenvalue weighted by molar-refractivity contribution is 0.102. The number of benzene rings is 1. The van der Waals surface area contributed by atoms with Gasteiger partial charge in [-0.15, -0.1) is 0 Å². The Morgan fingerprint density at radius 3 is 2.78 bits per heavy atom. The van der Waals surface area contributed by atoms with Crippen LogP contribution in [0.5, 0.6) is 0 Å². The molecule has 5 heteroatoms. The number of nitrogens with one attached hydrogen (secondary N) is 1. The fraction of sp³-hybridized carbons (Fsp3) is 0.0769. The maximum absolute atomic E-state index is 12.0. The third kappa shape index (κ3) is 2.43. The first-order chi connectivity index (χ1) is 8.59. The molecule has 0 unspecified atom stereocenters. The highest BCUT2D eigenvalue weighted by Gasteiger charge is 2.13. The van der Waals surface area contributed by atoms with Gasteiger partial charge in [0, 0.05) is 6.20 Å². The number of hydrogen-bond acceptors (Lipinski definition) is 3. The van der Waals surface area contributed by atoms with Gasteiger partial charge in [-0.3, -0.25) is 4.79 Å². The number of halogens is 1. The van der Waals surface area contributed by atoms with Gasteiger partial charge in [-0.25, -0.2) is 4.98 Å². The van der Waals surface area contributed by atoms with Crippen molar-refractivity contribution in [1.82, 2.24) is 4.98 Å². The van der Waals surface area contributed by atoms with Crippen LogP contribution in [0.3, 0.4) is 0 Å². The molecule has 1 heterocycles. The monoisotopic (exact) mass is 261 g/mol. The molecule has 2 aromatic rings. The van der Waals surface area contributed by atoms with E-state index in [1.807, 2.05) is 19.1 Å². The van der Waals surface area contributed by atoms with E-state index in [1.54, 1.807) is 18.2 Å². The molecule has 0 aliphatic heterocycles. The molecular weight excluding hydrogens is 250 g/mol. The van der Waals surface area contributed by atoms with Gasteiger partial charge in [0.05, 0.1) is 16.3 Å². The first kappa shape index (κ1) is 12.4. The largest absolute Gasteiger partial charge is 0.383 e. The van der Waals surface area contributed by atoms with E-state index in [-0.39, 0.29) is 11.7 Å². The van der Waals surface area contributed by atoms with Crippen LogP contribution in [0.15, 0.2) is 36.5 Å². The van der Waals surface area contributed by atoms with Crippen molar-refractivity contribution in [3.63, 3.8) is 0 Å². The highest BCUT2D eigenvalue weighted by Crippen LogP contribution is 2.26. The van der Waals surface area contributed by atoms with Gasteiger partial charge in [-0.2, -0.15) is 0 Å². The van der Waals surface area contributed by atoms with E-state index >= 15 is 0 Å². The third-order valence-electron chi connectivity index (χ3n) is 2.54. The average molecular weight is 262 g/mol. The van der Waals surface area contributed by atoms with Crippen molar-refractivity contribution in [3.05, 3.63) is 52.7 Å². The number of nitrogens with zero attached hydrogens (tertiary/aromatic N) is 1. The van der Waals surface area contributed by atoms with Crippen LogP contribution >= 0.6 is 11.6 Å². The van der Waals surface area contributed by atoms with E-state index in [0.717, 1.165) is 5.56 Å². The molecule has 1 aromatic heterocycles. The first-order valence-electron chi connectivity index (χ1n) is 5.36. The predicted octanol–water partition coefficient (Wildman–Crippen LogP) is 2.88. The molecule has 2 rings (SSSR count). The van der Waals surface area contributed by atoms with E-state index < -0.39 is 0 Å². The van der Waals surface area contributed by atoms with Crippen LogP contribution < -0.4 is 11.1 Å². The summed E-state index contributed by atoms with van der Waals surface area (Å²) in [6, 6.07) is 8.69. The minimum absolute atomic E-state index is 0.194. The number of hydrogen-bond donors (Lipinski definition) is 2. The van der Waals surface area contributed by atoms with Crippen molar-refractivity contribution in [2.75, 3.05) is 11.1 Å². The number of amides is 1. The van der Waals surface area contributed by atoms with Gasteiger partial charge in [0.1, 0.15) is 5.82 Å². The van der Waals surface area contributed by atoms with Gasteiger partial charge in [0.25, 0.3) is 5.91 Å². The van der Waals surface area contributed by atoms with Crippen LogP contribution in [0.4, 0.5) is 11.5 Å². The number of pyridine rings is 1. The highest BCUT2D eigenvalue weighted by molar-refractivity contribution is 6.34. The van der Waals surface area contributed by atoms with E-state index in [1.165, 1.54) is 6.20 Å². The maximum atomic E-state index is 12.0. The maximum Gasteiger partial charge on any atom is 0.259 e. The van der Waals surface area contributed by atoms with Crippen molar-refractivity contribution < 1.29 is 4.79 Å². The third-order valence-corrected chi connectivity index (χ3v) is 2.86.